The van der Waals surface area contributed by atoms with Gasteiger partial charge in [-0.15, -0.1) is 0 Å². The van der Waals surface area contributed by atoms with Crippen molar-refractivity contribution in [2.45, 2.75) is 6.04 Å². The van der Waals surface area contributed by atoms with E-state index in [4.69, 9.17) is 27.9 Å². The monoisotopic (exact) mass is 444 g/mol. The first-order valence-electron chi connectivity index (χ1n) is 9.78. The van der Waals surface area contributed by atoms with Gasteiger partial charge in [0, 0.05) is 30.9 Å². The van der Waals surface area contributed by atoms with Gasteiger partial charge in [0.25, 0.3) is 5.91 Å². The van der Waals surface area contributed by atoms with Gasteiger partial charge in [0.15, 0.2) is 5.69 Å². The number of para-hydroxylation sites is 1. The molecule has 0 aliphatic carbocycles. The van der Waals surface area contributed by atoms with E-state index < -0.39 is 0 Å². The zero-order valence-corrected chi connectivity index (χ0v) is 17.8. The molecule has 1 aliphatic heterocycles. The van der Waals surface area contributed by atoms with Crippen LogP contribution < -0.4 is 5.32 Å². The molecule has 0 bridgehead atoms. The minimum absolute atomic E-state index is 0.0443. The van der Waals surface area contributed by atoms with Gasteiger partial charge in [-0.25, -0.2) is 4.68 Å². The predicted octanol–water partition coefficient (Wildman–Crippen LogP) is 3.98. The fourth-order valence-corrected chi connectivity index (χ4v) is 4.05. The van der Waals surface area contributed by atoms with Crippen LogP contribution in [0.3, 0.4) is 0 Å². The Morgan fingerprint density at radius 1 is 1.03 bits per heavy atom. The molecule has 1 saturated heterocycles. The quantitative estimate of drug-likeness (QED) is 0.624. The van der Waals surface area contributed by atoms with E-state index >= 15 is 0 Å². The zero-order chi connectivity index (χ0) is 20.9. The molecule has 0 radical (unpaired) electrons. The number of carbonyl (C=O) groups excluding carboxylic acids is 1. The number of hydrogen-bond donors (Lipinski definition) is 1. The first kappa shape index (κ1) is 20.9. The molecular formula is C22H22Cl2N4O2. The summed E-state index contributed by atoms with van der Waals surface area (Å²) in [5.41, 5.74) is 2.04. The summed E-state index contributed by atoms with van der Waals surface area (Å²) in [6, 6.07) is 16.7. The Hall–Kier alpha value is -2.38. The van der Waals surface area contributed by atoms with E-state index in [9.17, 15) is 4.79 Å². The molecule has 6 nitrogen and oxygen atoms in total. The second kappa shape index (κ2) is 9.62. The van der Waals surface area contributed by atoms with Crippen molar-refractivity contribution in [1.29, 1.82) is 0 Å². The van der Waals surface area contributed by atoms with Crippen molar-refractivity contribution in [2.24, 2.45) is 0 Å². The van der Waals surface area contributed by atoms with Crippen LogP contribution in [0.5, 0.6) is 0 Å². The van der Waals surface area contributed by atoms with Gasteiger partial charge in [-0.05, 0) is 29.8 Å². The third-order valence-electron chi connectivity index (χ3n) is 5.13. The summed E-state index contributed by atoms with van der Waals surface area (Å²) in [5, 5.41) is 8.65. The van der Waals surface area contributed by atoms with Crippen LogP contribution in [-0.4, -0.2) is 53.4 Å². The van der Waals surface area contributed by atoms with Crippen LogP contribution in [0, 0.1) is 0 Å². The summed E-state index contributed by atoms with van der Waals surface area (Å²) < 4.78 is 7.08. The number of aromatic nitrogens is 2. The molecule has 8 heteroatoms. The lowest BCUT2D eigenvalue weighted by Gasteiger charge is -2.35. The smallest absolute Gasteiger partial charge is 0.271 e. The second-order valence-electron chi connectivity index (χ2n) is 6.99. The SMILES string of the molecule is O=C(NCC(c1ccccc1Cl)N1CCOCC1)c1ccn(-c2ccccc2Cl)n1. The summed E-state index contributed by atoms with van der Waals surface area (Å²) in [4.78, 5) is 15.1. The molecule has 1 fully saturated rings. The van der Waals surface area contributed by atoms with Crippen molar-refractivity contribution in [3.05, 3.63) is 82.1 Å². The van der Waals surface area contributed by atoms with Crippen molar-refractivity contribution in [2.75, 3.05) is 32.8 Å². The Kier molecular flexibility index (Phi) is 6.69. The van der Waals surface area contributed by atoms with Gasteiger partial charge in [-0.2, -0.15) is 5.10 Å². The molecule has 3 aromatic rings. The van der Waals surface area contributed by atoms with E-state index in [1.807, 2.05) is 42.5 Å². The number of morpholine rings is 1. The predicted molar refractivity (Wildman–Crippen MR) is 117 cm³/mol. The molecule has 0 spiro atoms. The number of hydrogen-bond acceptors (Lipinski definition) is 4. The molecule has 1 aliphatic rings. The fraction of sp³-hybridized carbons (Fsp3) is 0.273. The van der Waals surface area contributed by atoms with Gasteiger partial charge in [0.2, 0.25) is 0 Å². The Morgan fingerprint density at radius 3 is 2.47 bits per heavy atom. The summed E-state index contributed by atoms with van der Waals surface area (Å²) in [6.07, 6.45) is 1.73. The van der Waals surface area contributed by atoms with Crippen LogP contribution in [0.15, 0.2) is 60.8 Å². The lowest BCUT2D eigenvalue weighted by atomic mass is 10.0. The number of carbonyl (C=O) groups is 1. The lowest BCUT2D eigenvalue weighted by molar-refractivity contribution is 0.0162. The largest absolute Gasteiger partial charge is 0.379 e. The Balaban J connectivity index is 1.49. The van der Waals surface area contributed by atoms with Crippen LogP contribution in [0.1, 0.15) is 22.1 Å². The van der Waals surface area contributed by atoms with E-state index in [1.165, 1.54) is 0 Å². The van der Waals surface area contributed by atoms with Crippen molar-refractivity contribution >= 4 is 29.1 Å². The normalized spacial score (nSPS) is 15.7. The molecule has 0 saturated carbocycles. The highest BCUT2D eigenvalue weighted by Gasteiger charge is 2.25. The van der Waals surface area contributed by atoms with Gasteiger partial charge in [-0.1, -0.05) is 53.5 Å². The standard InChI is InChI=1S/C22H22Cl2N4O2/c23-17-6-2-1-5-16(17)21(27-11-13-30-14-12-27)15-25-22(29)19-9-10-28(26-19)20-8-4-3-7-18(20)24/h1-10,21H,11-15H2,(H,25,29). The highest BCUT2D eigenvalue weighted by Crippen LogP contribution is 2.28. The van der Waals surface area contributed by atoms with Crippen molar-refractivity contribution in [3.8, 4) is 5.69 Å². The maximum absolute atomic E-state index is 12.8. The average molecular weight is 445 g/mol. The number of benzene rings is 2. The molecule has 1 atom stereocenters. The van der Waals surface area contributed by atoms with Gasteiger partial charge in [0.1, 0.15) is 0 Å². The Bertz CT molecular complexity index is 1020. The van der Waals surface area contributed by atoms with E-state index in [1.54, 1.807) is 23.0 Å². The summed E-state index contributed by atoms with van der Waals surface area (Å²) in [7, 11) is 0. The first-order valence-corrected chi connectivity index (χ1v) is 10.5. The van der Waals surface area contributed by atoms with Crippen molar-refractivity contribution in [3.63, 3.8) is 0 Å². The van der Waals surface area contributed by atoms with E-state index in [0.29, 0.717) is 35.5 Å². The van der Waals surface area contributed by atoms with Gasteiger partial charge < -0.3 is 10.1 Å². The maximum atomic E-state index is 12.8. The molecule has 1 aromatic heterocycles. The minimum atomic E-state index is -0.244. The maximum Gasteiger partial charge on any atom is 0.271 e. The highest BCUT2D eigenvalue weighted by molar-refractivity contribution is 6.32. The number of amides is 1. The molecule has 156 valence electrons. The van der Waals surface area contributed by atoms with Gasteiger partial charge >= 0.3 is 0 Å². The Labute approximate surface area is 185 Å². The molecule has 4 rings (SSSR count). The summed E-state index contributed by atoms with van der Waals surface area (Å²) in [5.74, 6) is -0.244. The van der Waals surface area contributed by atoms with Crippen molar-refractivity contribution < 1.29 is 9.53 Å². The number of nitrogens with zero attached hydrogens (tertiary/aromatic N) is 3. The van der Waals surface area contributed by atoms with Crippen LogP contribution in [0.2, 0.25) is 10.0 Å². The third kappa shape index (κ3) is 4.68. The number of halogens is 2. The average Bonchev–Trinajstić information content (AvgIpc) is 3.26. The summed E-state index contributed by atoms with van der Waals surface area (Å²) in [6.45, 7) is 3.32. The molecule has 2 aromatic carbocycles. The second-order valence-corrected chi connectivity index (χ2v) is 7.81. The van der Waals surface area contributed by atoms with Gasteiger partial charge in [-0.3, -0.25) is 9.69 Å². The Morgan fingerprint density at radius 2 is 1.73 bits per heavy atom. The van der Waals surface area contributed by atoms with E-state index in [-0.39, 0.29) is 11.9 Å². The highest BCUT2D eigenvalue weighted by atomic mass is 35.5. The number of nitrogens with one attached hydrogen (secondary N) is 1. The molecule has 1 unspecified atom stereocenters. The van der Waals surface area contributed by atoms with E-state index in [2.05, 4.69) is 15.3 Å². The number of ether oxygens (including phenoxy) is 1. The third-order valence-corrected chi connectivity index (χ3v) is 5.79. The van der Waals surface area contributed by atoms with E-state index in [0.717, 1.165) is 24.3 Å². The number of rotatable bonds is 6. The molecule has 30 heavy (non-hydrogen) atoms. The minimum Gasteiger partial charge on any atom is -0.379 e. The summed E-state index contributed by atoms with van der Waals surface area (Å²) >= 11 is 12.7. The fourth-order valence-electron chi connectivity index (χ4n) is 3.57. The molecule has 1 N–H and O–H groups in total. The molecule has 2 heterocycles. The molecule has 1 amide bonds. The topological polar surface area (TPSA) is 59.4 Å². The first-order chi connectivity index (χ1) is 14.6. The van der Waals surface area contributed by atoms with Crippen LogP contribution in [0.25, 0.3) is 5.69 Å². The lowest BCUT2D eigenvalue weighted by Crippen LogP contribution is -2.44. The zero-order valence-electron chi connectivity index (χ0n) is 16.3. The van der Waals surface area contributed by atoms with Gasteiger partial charge in [0.05, 0.1) is 30.0 Å². The molecular weight excluding hydrogens is 423 g/mol. The van der Waals surface area contributed by atoms with Crippen molar-refractivity contribution in [1.82, 2.24) is 20.0 Å². The van der Waals surface area contributed by atoms with Crippen LogP contribution >= 0.6 is 23.2 Å². The van der Waals surface area contributed by atoms with Crippen LogP contribution in [0.4, 0.5) is 0 Å². The van der Waals surface area contributed by atoms with Crippen LogP contribution in [-0.2, 0) is 4.74 Å².